The van der Waals surface area contributed by atoms with E-state index < -0.39 is 17.7 Å². The zero-order chi connectivity index (χ0) is 25.1. The molecule has 7 heteroatoms. The number of hydrogen-bond donors (Lipinski definition) is 1. The van der Waals surface area contributed by atoms with Crippen molar-refractivity contribution in [3.63, 3.8) is 0 Å². The molecule has 0 spiro atoms. The number of carbonyl (C=O) groups excluding carboxylic acids is 2. The number of rotatable bonds is 7. The summed E-state index contributed by atoms with van der Waals surface area (Å²) in [4.78, 5) is 28.1. The van der Waals surface area contributed by atoms with E-state index in [9.17, 15) is 14.7 Å². The predicted octanol–water partition coefficient (Wildman–Crippen LogP) is 4.52. The van der Waals surface area contributed by atoms with Crippen molar-refractivity contribution in [3.8, 4) is 17.2 Å². The normalized spacial score (nSPS) is 18.4. The first kappa shape index (κ1) is 23.5. The molecule has 1 atom stereocenters. The average Bonchev–Trinajstić information content (AvgIpc) is 3.17. The Labute approximate surface area is 209 Å². The van der Waals surface area contributed by atoms with Crippen molar-refractivity contribution in [1.82, 2.24) is 4.90 Å². The Balaban J connectivity index is 1.56. The Kier molecular flexibility index (Phi) is 6.62. The topological polar surface area (TPSA) is 85.3 Å². The lowest BCUT2D eigenvalue weighted by molar-refractivity contribution is -0.139. The summed E-state index contributed by atoms with van der Waals surface area (Å²) in [6.45, 7) is 3.60. The highest BCUT2D eigenvalue weighted by atomic mass is 16.6. The molecule has 1 amide bonds. The minimum absolute atomic E-state index is 0.0499. The van der Waals surface area contributed by atoms with Crippen LogP contribution in [0, 0.1) is 0 Å². The highest BCUT2D eigenvalue weighted by molar-refractivity contribution is 6.46. The van der Waals surface area contributed by atoms with E-state index in [1.807, 2.05) is 49.4 Å². The van der Waals surface area contributed by atoms with Gasteiger partial charge in [-0.1, -0.05) is 42.5 Å². The van der Waals surface area contributed by atoms with Crippen molar-refractivity contribution in [2.45, 2.75) is 19.4 Å². The molecular formula is C29H27NO6. The van der Waals surface area contributed by atoms with Crippen LogP contribution in [-0.4, -0.2) is 48.1 Å². The summed E-state index contributed by atoms with van der Waals surface area (Å²) in [6, 6.07) is 21.3. The smallest absolute Gasteiger partial charge is 0.295 e. The van der Waals surface area contributed by atoms with Gasteiger partial charge in [0.25, 0.3) is 11.7 Å². The molecule has 0 saturated carbocycles. The first-order chi connectivity index (χ1) is 17.6. The first-order valence-electron chi connectivity index (χ1n) is 12.0. The van der Waals surface area contributed by atoms with Gasteiger partial charge in [-0.05, 0) is 54.8 Å². The molecule has 7 nitrogen and oxygen atoms in total. The third-order valence-electron chi connectivity index (χ3n) is 6.35. The second-order valence-electron chi connectivity index (χ2n) is 8.59. The minimum atomic E-state index is -0.738. The van der Waals surface area contributed by atoms with Crippen molar-refractivity contribution in [2.24, 2.45) is 0 Å². The summed E-state index contributed by atoms with van der Waals surface area (Å²) in [6.07, 6.45) is 0.575. The summed E-state index contributed by atoms with van der Waals surface area (Å²) >= 11 is 0. The summed E-state index contributed by atoms with van der Waals surface area (Å²) in [7, 11) is 0. The lowest BCUT2D eigenvalue weighted by Gasteiger charge is -2.26. The molecule has 2 heterocycles. The first-order valence-corrected chi connectivity index (χ1v) is 12.0. The number of Topliss-reactive ketones (excluding diaryl/α,β-unsaturated/α-hetero) is 1. The fourth-order valence-corrected chi connectivity index (χ4v) is 4.61. The van der Waals surface area contributed by atoms with E-state index in [1.54, 1.807) is 30.3 Å². The van der Waals surface area contributed by atoms with E-state index in [0.717, 1.165) is 5.56 Å². The van der Waals surface area contributed by atoms with Gasteiger partial charge in [0.05, 0.1) is 18.2 Å². The second-order valence-corrected chi connectivity index (χ2v) is 8.59. The van der Waals surface area contributed by atoms with Crippen LogP contribution >= 0.6 is 0 Å². The lowest BCUT2D eigenvalue weighted by Crippen LogP contribution is -2.31. The van der Waals surface area contributed by atoms with E-state index >= 15 is 0 Å². The number of aliphatic hydroxyl groups is 1. The van der Waals surface area contributed by atoms with E-state index in [4.69, 9.17) is 14.2 Å². The predicted molar refractivity (Wildman–Crippen MR) is 134 cm³/mol. The molecule has 0 radical (unpaired) electrons. The summed E-state index contributed by atoms with van der Waals surface area (Å²) in [5.74, 6) is 0.157. The van der Waals surface area contributed by atoms with Gasteiger partial charge in [0, 0.05) is 12.1 Å². The van der Waals surface area contributed by atoms with Gasteiger partial charge in [-0.3, -0.25) is 9.59 Å². The van der Waals surface area contributed by atoms with Gasteiger partial charge in [-0.15, -0.1) is 0 Å². The van der Waals surface area contributed by atoms with Crippen LogP contribution < -0.4 is 14.2 Å². The molecule has 0 aromatic heterocycles. The Hall–Kier alpha value is -4.26. The number of benzene rings is 3. The number of nitrogens with zero attached hydrogens (tertiary/aromatic N) is 1. The Morgan fingerprint density at radius 3 is 2.42 bits per heavy atom. The van der Waals surface area contributed by atoms with Crippen LogP contribution in [0.4, 0.5) is 0 Å². The van der Waals surface area contributed by atoms with Crippen LogP contribution in [0.5, 0.6) is 17.2 Å². The van der Waals surface area contributed by atoms with Crippen molar-refractivity contribution >= 4 is 17.4 Å². The second kappa shape index (κ2) is 10.2. The molecule has 2 aliphatic heterocycles. The zero-order valence-corrected chi connectivity index (χ0v) is 20.0. The molecule has 1 saturated heterocycles. The van der Waals surface area contributed by atoms with Crippen molar-refractivity contribution < 1.29 is 28.9 Å². The number of fused-ring (bicyclic) bond motifs is 1. The van der Waals surface area contributed by atoms with E-state index in [1.165, 1.54) is 4.90 Å². The molecule has 3 aromatic carbocycles. The highest BCUT2D eigenvalue weighted by Crippen LogP contribution is 2.41. The van der Waals surface area contributed by atoms with Gasteiger partial charge in [0.15, 0.2) is 11.5 Å². The molecule has 1 N–H and O–H groups in total. The minimum Gasteiger partial charge on any atom is -0.507 e. The van der Waals surface area contributed by atoms with Crippen LogP contribution in [0.3, 0.4) is 0 Å². The van der Waals surface area contributed by atoms with Gasteiger partial charge in [-0.2, -0.15) is 0 Å². The number of likely N-dealkylation sites (tertiary alicyclic amines) is 1. The largest absolute Gasteiger partial charge is 0.507 e. The molecule has 5 rings (SSSR count). The SMILES string of the molecule is CCOc1ccc([C@H]2C(=C(O)c3ccc4c(c3)OCCO4)C(=O)C(=O)N2CCc2ccccc2)cc1. The molecule has 36 heavy (non-hydrogen) atoms. The quantitative estimate of drug-likeness (QED) is 0.301. The molecule has 3 aromatic rings. The van der Waals surface area contributed by atoms with Crippen LogP contribution in [-0.2, 0) is 16.0 Å². The van der Waals surface area contributed by atoms with Crippen molar-refractivity contribution in [1.29, 1.82) is 0 Å². The summed E-state index contributed by atoms with van der Waals surface area (Å²) in [5, 5.41) is 11.3. The number of hydrogen-bond acceptors (Lipinski definition) is 6. The third-order valence-corrected chi connectivity index (χ3v) is 6.35. The average molecular weight is 486 g/mol. The van der Waals surface area contributed by atoms with E-state index in [2.05, 4.69) is 0 Å². The van der Waals surface area contributed by atoms with E-state index in [-0.39, 0.29) is 11.3 Å². The number of amides is 1. The van der Waals surface area contributed by atoms with Crippen molar-refractivity contribution in [3.05, 3.63) is 95.1 Å². The molecule has 0 aliphatic carbocycles. The van der Waals surface area contributed by atoms with Crippen LogP contribution in [0.15, 0.2) is 78.4 Å². The fraction of sp³-hybridized carbons (Fsp3) is 0.241. The number of aliphatic hydroxyl groups excluding tert-OH is 1. The van der Waals surface area contributed by atoms with E-state index in [0.29, 0.717) is 61.2 Å². The Morgan fingerprint density at radius 1 is 0.972 bits per heavy atom. The fourth-order valence-electron chi connectivity index (χ4n) is 4.61. The van der Waals surface area contributed by atoms with Crippen LogP contribution in [0.25, 0.3) is 5.76 Å². The van der Waals surface area contributed by atoms with Gasteiger partial charge in [0.1, 0.15) is 24.7 Å². The molecular weight excluding hydrogens is 458 g/mol. The standard InChI is InChI=1S/C29H27NO6/c1-2-34-22-11-8-20(9-12-22)26-25(27(31)21-10-13-23-24(18-21)36-17-16-35-23)28(32)29(33)30(26)15-14-19-6-4-3-5-7-19/h3-13,18,26,31H,2,14-17H2,1H3/t26-/m0/s1. The third kappa shape index (κ3) is 4.52. The maximum absolute atomic E-state index is 13.3. The van der Waals surface area contributed by atoms with Crippen LogP contribution in [0.2, 0.25) is 0 Å². The number of ketones is 1. The van der Waals surface area contributed by atoms with Gasteiger partial charge >= 0.3 is 0 Å². The Morgan fingerprint density at radius 2 is 1.69 bits per heavy atom. The van der Waals surface area contributed by atoms with Gasteiger partial charge in [0.2, 0.25) is 0 Å². The highest BCUT2D eigenvalue weighted by Gasteiger charge is 2.46. The molecule has 2 aliphatic rings. The van der Waals surface area contributed by atoms with Crippen LogP contribution in [0.1, 0.15) is 29.7 Å². The monoisotopic (exact) mass is 485 g/mol. The lowest BCUT2D eigenvalue weighted by atomic mass is 9.95. The summed E-state index contributed by atoms with van der Waals surface area (Å²) in [5.41, 5.74) is 2.20. The van der Waals surface area contributed by atoms with Gasteiger partial charge in [-0.25, -0.2) is 0 Å². The molecule has 0 bridgehead atoms. The maximum Gasteiger partial charge on any atom is 0.295 e. The molecule has 1 fully saturated rings. The summed E-state index contributed by atoms with van der Waals surface area (Å²) < 4.78 is 16.8. The maximum atomic E-state index is 13.3. The van der Waals surface area contributed by atoms with Gasteiger partial charge < -0.3 is 24.2 Å². The van der Waals surface area contributed by atoms with Crippen molar-refractivity contribution in [2.75, 3.05) is 26.4 Å². The molecule has 0 unspecified atom stereocenters. The Bertz CT molecular complexity index is 1300. The number of carbonyl (C=O) groups is 2. The molecule has 184 valence electrons. The number of ether oxygens (including phenoxy) is 3. The zero-order valence-electron chi connectivity index (χ0n) is 20.0.